The first-order valence-electron chi connectivity index (χ1n) is 3.89. The van der Waals surface area contributed by atoms with E-state index < -0.39 is 0 Å². The van der Waals surface area contributed by atoms with Crippen LogP contribution in [0.1, 0.15) is 11.6 Å². The Bertz CT molecular complexity index is 367. The summed E-state index contributed by atoms with van der Waals surface area (Å²) >= 11 is 5.75. The molecule has 13 heavy (non-hydrogen) atoms. The maximum atomic E-state index is 5.75. The van der Waals surface area contributed by atoms with E-state index in [0.717, 1.165) is 10.6 Å². The van der Waals surface area contributed by atoms with Gasteiger partial charge in [0.25, 0.3) is 0 Å². The zero-order valence-corrected chi connectivity index (χ0v) is 7.57. The molecule has 1 aromatic carbocycles. The summed E-state index contributed by atoms with van der Waals surface area (Å²) in [5.41, 5.74) is 6.52. The molecule has 0 saturated heterocycles. The van der Waals surface area contributed by atoms with E-state index in [1.807, 2.05) is 30.3 Å². The molecule has 0 radical (unpaired) electrons. The van der Waals surface area contributed by atoms with Crippen molar-refractivity contribution >= 4 is 11.6 Å². The predicted molar refractivity (Wildman–Crippen MR) is 51.3 cm³/mol. The van der Waals surface area contributed by atoms with Gasteiger partial charge in [-0.2, -0.15) is 5.11 Å². The van der Waals surface area contributed by atoms with Crippen LogP contribution in [-0.4, -0.2) is 0 Å². The lowest BCUT2D eigenvalue weighted by Crippen LogP contribution is -1.91. The van der Waals surface area contributed by atoms with Crippen LogP contribution in [0.2, 0.25) is 5.02 Å². The maximum Gasteiger partial charge on any atom is 0.144 e. The summed E-state index contributed by atoms with van der Waals surface area (Å²) in [4.78, 5) is 0. The molecule has 0 aliphatic carbocycles. The minimum absolute atomic E-state index is 0.0442. The van der Waals surface area contributed by atoms with Crippen molar-refractivity contribution in [3.63, 3.8) is 0 Å². The van der Waals surface area contributed by atoms with E-state index in [1.165, 1.54) is 0 Å². The summed E-state index contributed by atoms with van der Waals surface area (Å²) < 4.78 is 0. The first-order chi connectivity index (χ1) is 6.25. The summed E-state index contributed by atoms with van der Waals surface area (Å²) in [7, 11) is 0. The highest BCUT2D eigenvalue weighted by Crippen LogP contribution is 2.25. The number of hydrogen-bond acceptors (Lipinski definition) is 3. The van der Waals surface area contributed by atoms with Crippen LogP contribution in [0.15, 0.2) is 46.4 Å². The molecule has 2 rings (SSSR count). The zero-order chi connectivity index (χ0) is 9.26. The molecule has 0 bridgehead atoms. The fraction of sp³-hybridized carbons (Fsp3) is 0.111. The van der Waals surface area contributed by atoms with Gasteiger partial charge in [0.1, 0.15) is 11.9 Å². The van der Waals surface area contributed by atoms with Gasteiger partial charge in [-0.1, -0.05) is 23.7 Å². The Hall–Kier alpha value is -1.35. The average Bonchev–Trinajstić information content (AvgIpc) is 2.53. The molecule has 1 aliphatic rings. The minimum Gasteiger partial charge on any atom is -0.382 e. The van der Waals surface area contributed by atoms with Crippen LogP contribution in [0.5, 0.6) is 0 Å². The van der Waals surface area contributed by atoms with Crippen LogP contribution >= 0.6 is 11.6 Å². The number of hydrogen-bond donors (Lipinski definition) is 1. The van der Waals surface area contributed by atoms with Gasteiger partial charge in [0, 0.05) is 5.02 Å². The van der Waals surface area contributed by atoms with E-state index >= 15 is 0 Å². The minimum atomic E-state index is -0.0442. The summed E-state index contributed by atoms with van der Waals surface area (Å²) in [6, 6.07) is 7.45. The quantitative estimate of drug-likeness (QED) is 0.733. The highest BCUT2D eigenvalue weighted by Gasteiger charge is 2.12. The van der Waals surface area contributed by atoms with Gasteiger partial charge < -0.3 is 5.73 Å². The molecular formula is C9H8ClN3. The smallest absolute Gasteiger partial charge is 0.144 e. The SMILES string of the molecule is NC1=C[C@@H](c2ccc(Cl)cc2)N=N1. The van der Waals surface area contributed by atoms with E-state index in [4.69, 9.17) is 17.3 Å². The predicted octanol–water partition coefficient (Wildman–Crippen LogP) is 2.65. The molecule has 3 nitrogen and oxygen atoms in total. The van der Waals surface area contributed by atoms with Crippen LogP contribution in [-0.2, 0) is 0 Å². The Morgan fingerprint density at radius 2 is 1.92 bits per heavy atom. The third kappa shape index (κ3) is 1.70. The van der Waals surface area contributed by atoms with Crippen LogP contribution in [0, 0.1) is 0 Å². The molecule has 0 fully saturated rings. The van der Waals surface area contributed by atoms with Crippen LogP contribution in [0.25, 0.3) is 0 Å². The maximum absolute atomic E-state index is 5.75. The number of halogens is 1. The Labute approximate surface area is 80.9 Å². The highest BCUT2D eigenvalue weighted by atomic mass is 35.5. The van der Waals surface area contributed by atoms with Crippen molar-refractivity contribution < 1.29 is 0 Å². The van der Waals surface area contributed by atoms with Gasteiger partial charge in [0.15, 0.2) is 0 Å². The van der Waals surface area contributed by atoms with Gasteiger partial charge in [-0.15, -0.1) is 5.11 Å². The summed E-state index contributed by atoms with van der Waals surface area (Å²) in [6.45, 7) is 0. The van der Waals surface area contributed by atoms with Gasteiger partial charge in [0.2, 0.25) is 0 Å². The van der Waals surface area contributed by atoms with Crippen LogP contribution in [0.3, 0.4) is 0 Å². The molecule has 0 saturated carbocycles. The molecule has 1 aliphatic heterocycles. The molecule has 0 unspecified atom stereocenters. The van der Waals surface area contributed by atoms with Crippen molar-refractivity contribution in [2.24, 2.45) is 16.0 Å². The van der Waals surface area contributed by atoms with Crippen molar-refractivity contribution in [2.45, 2.75) is 6.04 Å². The zero-order valence-electron chi connectivity index (χ0n) is 6.81. The largest absolute Gasteiger partial charge is 0.382 e. The molecule has 1 heterocycles. The number of benzene rings is 1. The van der Waals surface area contributed by atoms with Gasteiger partial charge in [0.05, 0.1) is 0 Å². The average molecular weight is 194 g/mol. The molecule has 0 aromatic heterocycles. The Kier molecular flexibility index (Phi) is 2.02. The van der Waals surface area contributed by atoms with Crippen LogP contribution in [0.4, 0.5) is 0 Å². The lowest BCUT2D eigenvalue weighted by atomic mass is 10.1. The fourth-order valence-electron chi connectivity index (χ4n) is 1.18. The monoisotopic (exact) mass is 193 g/mol. The van der Waals surface area contributed by atoms with E-state index in [9.17, 15) is 0 Å². The molecule has 4 heteroatoms. The summed E-state index contributed by atoms with van der Waals surface area (Å²) in [5, 5.41) is 8.45. The number of rotatable bonds is 1. The second-order valence-corrected chi connectivity index (χ2v) is 3.24. The highest BCUT2D eigenvalue weighted by molar-refractivity contribution is 6.30. The first-order valence-corrected chi connectivity index (χ1v) is 4.27. The van der Waals surface area contributed by atoms with Gasteiger partial charge in [-0.25, -0.2) is 0 Å². The van der Waals surface area contributed by atoms with Crippen molar-refractivity contribution in [1.82, 2.24) is 0 Å². The van der Waals surface area contributed by atoms with Crippen molar-refractivity contribution in [1.29, 1.82) is 0 Å². The second-order valence-electron chi connectivity index (χ2n) is 2.80. The van der Waals surface area contributed by atoms with Crippen molar-refractivity contribution in [2.75, 3.05) is 0 Å². The van der Waals surface area contributed by atoms with Crippen molar-refractivity contribution in [3.05, 3.63) is 46.7 Å². The number of azo groups is 1. The summed E-state index contributed by atoms with van der Waals surface area (Å²) in [6.07, 6.45) is 1.81. The van der Waals surface area contributed by atoms with Crippen LogP contribution < -0.4 is 5.73 Å². The lowest BCUT2D eigenvalue weighted by Gasteiger charge is -2.02. The number of nitrogens with two attached hydrogens (primary N) is 1. The molecule has 0 amide bonds. The Morgan fingerprint density at radius 3 is 2.46 bits per heavy atom. The number of nitrogens with zero attached hydrogens (tertiary/aromatic N) is 2. The molecular weight excluding hydrogens is 186 g/mol. The van der Waals surface area contributed by atoms with Gasteiger partial charge in [-0.3, -0.25) is 0 Å². The molecule has 1 atom stereocenters. The first kappa shape index (κ1) is 8.26. The second kappa shape index (κ2) is 3.18. The third-order valence-corrected chi connectivity index (χ3v) is 2.09. The topological polar surface area (TPSA) is 50.7 Å². The Morgan fingerprint density at radius 1 is 1.23 bits per heavy atom. The summed E-state index contributed by atoms with van der Waals surface area (Å²) in [5.74, 6) is 0.472. The van der Waals surface area contributed by atoms with E-state index in [0.29, 0.717) is 5.82 Å². The van der Waals surface area contributed by atoms with Gasteiger partial charge >= 0.3 is 0 Å². The normalized spacial score (nSPS) is 20.4. The van der Waals surface area contributed by atoms with E-state index in [-0.39, 0.29) is 6.04 Å². The molecule has 1 aromatic rings. The van der Waals surface area contributed by atoms with Gasteiger partial charge in [-0.05, 0) is 23.8 Å². The van der Waals surface area contributed by atoms with E-state index in [1.54, 1.807) is 0 Å². The molecule has 2 N–H and O–H groups in total. The molecule has 66 valence electrons. The standard InChI is InChI=1S/C9H8ClN3/c10-7-3-1-6(2-4-7)8-5-9(11)13-12-8/h1-5,8H,11H2/t8-/m0/s1. The third-order valence-electron chi connectivity index (χ3n) is 1.84. The lowest BCUT2D eigenvalue weighted by molar-refractivity contribution is 0.879. The van der Waals surface area contributed by atoms with Crippen molar-refractivity contribution in [3.8, 4) is 0 Å². The van der Waals surface area contributed by atoms with E-state index in [2.05, 4.69) is 10.2 Å². The fourth-order valence-corrected chi connectivity index (χ4v) is 1.31. The molecule has 0 spiro atoms. The Balaban J connectivity index is 2.28.